The third-order valence-corrected chi connectivity index (χ3v) is 2.81. The van der Waals surface area contributed by atoms with Crippen molar-refractivity contribution >= 4 is 17.1 Å². The Hall–Kier alpha value is -2.00. The number of fused-ring (bicyclic) bond motifs is 1. The highest BCUT2D eigenvalue weighted by Crippen LogP contribution is 2.05. The second-order valence-corrected chi connectivity index (χ2v) is 4.27. The van der Waals surface area contributed by atoms with Gasteiger partial charge in [0.1, 0.15) is 12.6 Å². The summed E-state index contributed by atoms with van der Waals surface area (Å²) in [4.78, 5) is 18.0. The largest absolute Gasteiger partial charge is 0.394 e. The Morgan fingerprint density at radius 1 is 1.68 bits per heavy atom. The number of H-pyrrole nitrogens is 1. The number of nitrogen functional groups attached to an aromatic ring is 1. The summed E-state index contributed by atoms with van der Waals surface area (Å²) in [6.07, 6.45) is -1.69. The number of aromatic nitrogens is 4. The van der Waals surface area contributed by atoms with Crippen molar-refractivity contribution in [1.29, 1.82) is 0 Å². The molecule has 2 aromatic rings. The van der Waals surface area contributed by atoms with Crippen LogP contribution in [0.1, 0.15) is 0 Å². The number of aromatic amines is 1. The molecule has 0 aliphatic heterocycles. The number of hydrogen-bond acceptors (Lipinski definition) is 5. The normalized spacial score (nSPS) is 14.7. The van der Waals surface area contributed by atoms with E-state index in [0.717, 1.165) is 0 Å². The molecule has 0 radical (unpaired) electrons. The van der Waals surface area contributed by atoms with Crippen LogP contribution in [0.5, 0.6) is 0 Å². The summed E-state index contributed by atoms with van der Waals surface area (Å²) in [5.74, 6) is -0.0736. The molecule has 2 heterocycles. The van der Waals surface area contributed by atoms with Gasteiger partial charge in [0.15, 0.2) is 12.5 Å². The first kappa shape index (κ1) is 13.4. The number of nitrogens with one attached hydrogen (secondary N) is 1. The van der Waals surface area contributed by atoms with Crippen molar-refractivity contribution in [2.45, 2.75) is 18.8 Å². The Morgan fingerprint density at radius 3 is 3.00 bits per heavy atom. The average Bonchev–Trinajstić information content (AvgIpc) is 2.64. The fraction of sp³-hybridized carbons (Fsp3) is 0.500. The number of alkyl halides is 1. The number of aliphatic hydroxyl groups excluding tert-OH is 2. The van der Waals surface area contributed by atoms with E-state index in [0.29, 0.717) is 0 Å². The van der Waals surface area contributed by atoms with Crippen LogP contribution in [0.25, 0.3) is 11.2 Å². The quantitative estimate of drug-likeness (QED) is 0.472. The zero-order chi connectivity index (χ0) is 14.2. The van der Waals surface area contributed by atoms with Crippen LogP contribution in [0.2, 0.25) is 0 Å². The van der Waals surface area contributed by atoms with Crippen molar-refractivity contribution in [2.24, 2.45) is 7.05 Å². The lowest BCUT2D eigenvalue weighted by molar-refractivity contribution is -0.680. The SMILES string of the molecule is Cn1c[n+](C[C@@H](F)[C@H](O)CO)c2nc(N)[nH]c(=O)c21. The molecule has 0 saturated carbocycles. The highest BCUT2D eigenvalue weighted by atomic mass is 19.1. The van der Waals surface area contributed by atoms with E-state index in [2.05, 4.69) is 9.97 Å². The van der Waals surface area contributed by atoms with Gasteiger partial charge < -0.3 is 15.9 Å². The third-order valence-electron chi connectivity index (χ3n) is 2.81. The van der Waals surface area contributed by atoms with Gasteiger partial charge in [0.05, 0.1) is 13.7 Å². The molecule has 5 N–H and O–H groups in total. The Labute approximate surface area is 106 Å². The molecular weight excluding hydrogens is 257 g/mol. The van der Waals surface area contributed by atoms with Crippen molar-refractivity contribution in [1.82, 2.24) is 14.5 Å². The predicted molar refractivity (Wildman–Crippen MR) is 63.9 cm³/mol. The van der Waals surface area contributed by atoms with Crippen LogP contribution in [-0.2, 0) is 13.6 Å². The van der Waals surface area contributed by atoms with Crippen LogP contribution in [0.3, 0.4) is 0 Å². The number of anilines is 1. The number of rotatable bonds is 4. The molecule has 2 rings (SSSR count). The van der Waals surface area contributed by atoms with Gasteiger partial charge in [-0.25, -0.2) is 8.96 Å². The standard InChI is InChI=1S/C10H14FN5O3/c1-15-4-16(2-5(11)6(18)3-17)8-7(15)9(19)14-10(12)13-8/h4-6,17-18H,2-3H2,1H3,(H2-,12,13,14,19)/p+1/t5-,6-/m1/s1. The molecule has 0 unspecified atom stereocenters. The number of halogens is 1. The fourth-order valence-electron chi connectivity index (χ4n) is 1.87. The lowest BCUT2D eigenvalue weighted by Gasteiger charge is -2.11. The maximum absolute atomic E-state index is 13.6. The molecule has 104 valence electrons. The van der Waals surface area contributed by atoms with E-state index in [9.17, 15) is 14.3 Å². The molecule has 9 heteroatoms. The molecule has 2 aromatic heterocycles. The second kappa shape index (κ2) is 4.94. The number of aryl methyl sites for hydroxylation is 1. The summed E-state index contributed by atoms with van der Waals surface area (Å²) in [5.41, 5.74) is 5.49. The Bertz CT molecular complexity index is 652. The number of hydrogen-bond donors (Lipinski definition) is 4. The van der Waals surface area contributed by atoms with Crippen molar-refractivity contribution in [3.8, 4) is 0 Å². The monoisotopic (exact) mass is 272 g/mol. The Morgan fingerprint density at radius 2 is 2.37 bits per heavy atom. The van der Waals surface area contributed by atoms with Crippen LogP contribution >= 0.6 is 0 Å². The molecule has 0 aromatic carbocycles. The van der Waals surface area contributed by atoms with Crippen molar-refractivity contribution < 1.29 is 19.2 Å². The first-order valence-electron chi connectivity index (χ1n) is 5.61. The summed E-state index contributed by atoms with van der Waals surface area (Å²) in [6, 6.07) is 0. The minimum atomic E-state index is -1.68. The lowest BCUT2D eigenvalue weighted by atomic mass is 10.2. The topological polar surface area (TPSA) is 121 Å². The molecule has 0 aliphatic rings. The van der Waals surface area contributed by atoms with Crippen LogP contribution in [0.15, 0.2) is 11.1 Å². The highest BCUT2D eigenvalue weighted by Gasteiger charge is 2.25. The second-order valence-electron chi connectivity index (χ2n) is 4.27. The maximum atomic E-state index is 13.6. The highest BCUT2D eigenvalue weighted by molar-refractivity contribution is 5.66. The van der Waals surface area contributed by atoms with Gasteiger partial charge in [-0.15, -0.1) is 0 Å². The number of nitrogens with zero attached hydrogens (tertiary/aromatic N) is 3. The van der Waals surface area contributed by atoms with Crippen LogP contribution in [0.4, 0.5) is 10.3 Å². The minimum Gasteiger partial charge on any atom is -0.394 e. The summed E-state index contributed by atoms with van der Waals surface area (Å²) in [6.45, 7) is -0.919. The van der Waals surface area contributed by atoms with Gasteiger partial charge in [-0.2, -0.15) is 0 Å². The molecule has 0 fully saturated rings. The zero-order valence-corrected chi connectivity index (χ0v) is 10.2. The molecule has 0 bridgehead atoms. The van der Waals surface area contributed by atoms with E-state index in [1.807, 2.05) is 0 Å². The molecule has 0 amide bonds. The van der Waals surface area contributed by atoms with Gasteiger partial charge in [-0.05, 0) is 0 Å². The van der Waals surface area contributed by atoms with Gasteiger partial charge in [0.25, 0.3) is 11.5 Å². The Balaban J connectivity index is 2.47. The molecule has 0 saturated heterocycles. The zero-order valence-electron chi connectivity index (χ0n) is 10.2. The number of nitrogens with two attached hydrogens (primary N) is 1. The van der Waals surface area contributed by atoms with E-state index < -0.39 is 24.4 Å². The molecule has 19 heavy (non-hydrogen) atoms. The van der Waals surface area contributed by atoms with E-state index in [4.69, 9.17) is 10.8 Å². The Kier molecular flexibility index (Phi) is 3.49. The van der Waals surface area contributed by atoms with Crippen molar-refractivity contribution in [3.63, 3.8) is 0 Å². The summed E-state index contributed by atoms with van der Waals surface area (Å²) in [5, 5.41) is 17.9. The molecular formula is C10H15FN5O3+. The number of aliphatic hydroxyl groups is 2. The third kappa shape index (κ3) is 2.42. The molecule has 0 spiro atoms. The summed E-state index contributed by atoms with van der Waals surface area (Å²) < 4.78 is 16.5. The van der Waals surface area contributed by atoms with Crippen LogP contribution in [0, 0.1) is 0 Å². The van der Waals surface area contributed by atoms with Crippen LogP contribution < -0.4 is 15.9 Å². The van der Waals surface area contributed by atoms with Gasteiger partial charge in [0, 0.05) is 0 Å². The predicted octanol–water partition coefficient (Wildman–Crippen LogP) is -2.18. The van der Waals surface area contributed by atoms with Crippen molar-refractivity contribution in [3.05, 3.63) is 16.7 Å². The van der Waals surface area contributed by atoms with E-state index in [1.165, 1.54) is 15.5 Å². The molecule has 8 nitrogen and oxygen atoms in total. The van der Waals surface area contributed by atoms with Crippen molar-refractivity contribution in [2.75, 3.05) is 12.3 Å². The van der Waals surface area contributed by atoms with Gasteiger partial charge in [-0.3, -0.25) is 14.3 Å². The van der Waals surface area contributed by atoms with Crippen LogP contribution in [-0.4, -0.2) is 43.6 Å². The lowest BCUT2D eigenvalue weighted by Crippen LogP contribution is -2.43. The van der Waals surface area contributed by atoms with E-state index in [1.54, 1.807) is 7.05 Å². The molecule has 2 atom stereocenters. The first-order valence-corrected chi connectivity index (χ1v) is 5.61. The van der Waals surface area contributed by atoms with E-state index in [-0.39, 0.29) is 23.7 Å². The van der Waals surface area contributed by atoms with Gasteiger partial charge >= 0.3 is 5.65 Å². The minimum absolute atomic E-state index is 0.0736. The average molecular weight is 272 g/mol. The summed E-state index contributed by atoms with van der Waals surface area (Å²) in [7, 11) is 1.61. The summed E-state index contributed by atoms with van der Waals surface area (Å²) >= 11 is 0. The fourth-order valence-corrected chi connectivity index (χ4v) is 1.87. The molecule has 0 aliphatic carbocycles. The van der Waals surface area contributed by atoms with Gasteiger partial charge in [-0.1, -0.05) is 4.98 Å². The smallest absolute Gasteiger partial charge is 0.311 e. The number of imidazole rings is 1. The van der Waals surface area contributed by atoms with Gasteiger partial charge in [0.2, 0.25) is 5.52 Å². The first-order chi connectivity index (χ1) is 8.93. The maximum Gasteiger partial charge on any atom is 0.311 e. The van der Waals surface area contributed by atoms with E-state index >= 15 is 0 Å².